The molecule has 0 bridgehead atoms. The second kappa shape index (κ2) is 12.6. The Labute approximate surface area is 152 Å². The quantitative estimate of drug-likeness (QED) is 0.604. The van der Waals surface area contributed by atoms with E-state index >= 15 is 0 Å². The van der Waals surface area contributed by atoms with E-state index in [0.29, 0.717) is 19.0 Å². The lowest BCUT2D eigenvalue weighted by atomic mass is 10.1. The van der Waals surface area contributed by atoms with Crippen molar-refractivity contribution in [3.63, 3.8) is 0 Å². The Bertz CT molecular complexity index is 432. The normalized spacial score (nSPS) is 15.0. The predicted octanol–water partition coefficient (Wildman–Crippen LogP) is 3.20. The summed E-state index contributed by atoms with van der Waals surface area (Å²) < 4.78 is 0. The summed E-state index contributed by atoms with van der Waals surface area (Å²) in [5.41, 5.74) is 1.95. The Hall–Kier alpha value is -0.840. The zero-order valence-corrected chi connectivity index (χ0v) is 15.5. The van der Waals surface area contributed by atoms with Crippen LogP contribution in [0.1, 0.15) is 49.8 Å². The first kappa shape index (κ1) is 22.2. The minimum absolute atomic E-state index is 0. The highest BCUT2D eigenvalue weighted by atomic mass is 35.5. The second-order valence-corrected chi connectivity index (χ2v) is 5.98. The first-order valence-corrected chi connectivity index (χ1v) is 8.15. The number of carbonyl (C=O) groups is 1. The van der Waals surface area contributed by atoms with Gasteiger partial charge in [0.05, 0.1) is 6.42 Å². The number of carbonyl (C=O) groups excluding carboxylic acids is 1. The van der Waals surface area contributed by atoms with Crippen LogP contribution in [0.25, 0.3) is 0 Å². The minimum atomic E-state index is 0. The summed E-state index contributed by atoms with van der Waals surface area (Å²) in [6.45, 7) is 3.51. The van der Waals surface area contributed by atoms with Gasteiger partial charge in [0, 0.05) is 31.0 Å². The van der Waals surface area contributed by atoms with E-state index in [1.807, 2.05) is 19.1 Å². The van der Waals surface area contributed by atoms with Gasteiger partial charge in [0.25, 0.3) is 0 Å². The van der Waals surface area contributed by atoms with E-state index in [1.54, 1.807) is 6.20 Å². The molecule has 0 aromatic carbocycles. The van der Waals surface area contributed by atoms with E-state index in [4.69, 9.17) is 0 Å². The smallest absolute Gasteiger partial charge is 0.224 e. The van der Waals surface area contributed by atoms with Crippen molar-refractivity contribution in [3.05, 3.63) is 29.6 Å². The maximum absolute atomic E-state index is 11.8. The third kappa shape index (κ3) is 9.14. The SMILES string of the molecule is Cc1ccc(CC(=O)NCCNC2CCCCCC2)cn1.Cl.Cl. The van der Waals surface area contributed by atoms with Gasteiger partial charge in [0.15, 0.2) is 0 Å². The number of halogens is 2. The molecule has 1 amide bonds. The summed E-state index contributed by atoms with van der Waals surface area (Å²) in [7, 11) is 0. The number of nitrogens with zero attached hydrogens (tertiary/aromatic N) is 1. The Morgan fingerprint density at radius 3 is 2.43 bits per heavy atom. The van der Waals surface area contributed by atoms with Gasteiger partial charge in [-0.1, -0.05) is 31.7 Å². The van der Waals surface area contributed by atoms with Gasteiger partial charge in [0.2, 0.25) is 5.91 Å². The molecule has 0 unspecified atom stereocenters. The summed E-state index contributed by atoms with van der Waals surface area (Å²) in [6.07, 6.45) is 10.2. The Balaban J connectivity index is 0.00000242. The highest BCUT2D eigenvalue weighted by molar-refractivity contribution is 5.85. The van der Waals surface area contributed by atoms with Gasteiger partial charge in [0.1, 0.15) is 0 Å². The Morgan fingerprint density at radius 1 is 1.13 bits per heavy atom. The molecule has 0 atom stereocenters. The maximum Gasteiger partial charge on any atom is 0.224 e. The zero-order valence-electron chi connectivity index (χ0n) is 13.8. The third-order valence-corrected chi connectivity index (χ3v) is 4.07. The van der Waals surface area contributed by atoms with Crippen molar-refractivity contribution in [2.24, 2.45) is 0 Å². The monoisotopic (exact) mass is 361 g/mol. The first-order valence-electron chi connectivity index (χ1n) is 8.15. The minimum Gasteiger partial charge on any atom is -0.355 e. The number of aryl methyl sites for hydroxylation is 1. The van der Waals surface area contributed by atoms with Gasteiger partial charge in [-0.25, -0.2) is 0 Å². The Morgan fingerprint density at radius 2 is 1.83 bits per heavy atom. The summed E-state index contributed by atoms with van der Waals surface area (Å²) in [6, 6.07) is 4.55. The van der Waals surface area contributed by atoms with Crippen LogP contribution in [-0.2, 0) is 11.2 Å². The van der Waals surface area contributed by atoms with Crippen LogP contribution < -0.4 is 10.6 Å². The molecule has 2 N–H and O–H groups in total. The fourth-order valence-electron chi connectivity index (χ4n) is 2.81. The van der Waals surface area contributed by atoms with Crippen molar-refractivity contribution < 1.29 is 4.79 Å². The van der Waals surface area contributed by atoms with Gasteiger partial charge in [-0.2, -0.15) is 0 Å². The van der Waals surface area contributed by atoms with Crippen molar-refractivity contribution in [2.45, 2.75) is 57.9 Å². The molecule has 1 heterocycles. The molecule has 1 aliphatic carbocycles. The number of amides is 1. The van der Waals surface area contributed by atoms with Crippen LogP contribution >= 0.6 is 24.8 Å². The van der Waals surface area contributed by atoms with Crippen LogP contribution in [0.3, 0.4) is 0 Å². The van der Waals surface area contributed by atoms with Crippen LogP contribution in [0, 0.1) is 6.92 Å². The van der Waals surface area contributed by atoms with E-state index in [2.05, 4.69) is 15.6 Å². The molecule has 6 heteroatoms. The molecule has 2 rings (SSSR count). The number of pyridine rings is 1. The molecule has 23 heavy (non-hydrogen) atoms. The van der Waals surface area contributed by atoms with Crippen LogP contribution in [-0.4, -0.2) is 30.0 Å². The number of rotatable bonds is 6. The predicted molar refractivity (Wildman–Crippen MR) is 99.7 cm³/mol. The fraction of sp³-hybridized carbons (Fsp3) is 0.647. The highest BCUT2D eigenvalue weighted by Crippen LogP contribution is 2.16. The van der Waals surface area contributed by atoms with Gasteiger partial charge in [-0.15, -0.1) is 24.8 Å². The van der Waals surface area contributed by atoms with Crippen LogP contribution in [0.5, 0.6) is 0 Å². The zero-order chi connectivity index (χ0) is 14.9. The molecule has 0 saturated heterocycles. The van der Waals surface area contributed by atoms with Crippen LogP contribution in [0.4, 0.5) is 0 Å². The van der Waals surface area contributed by atoms with Gasteiger partial charge >= 0.3 is 0 Å². The number of hydrogen-bond acceptors (Lipinski definition) is 3. The molecule has 0 spiro atoms. The lowest BCUT2D eigenvalue weighted by Gasteiger charge is -2.16. The van der Waals surface area contributed by atoms with E-state index in [1.165, 1.54) is 38.5 Å². The third-order valence-electron chi connectivity index (χ3n) is 4.07. The molecule has 1 aliphatic rings. The molecule has 0 radical (unpaired) electrons. The number of hydrogen-bond donors (Lipinski definition) is 2. The summed E-state index contributed by atoms with van der Waals surface area (Å²) in [4.78, 5) is 16.0. The Kier molecular flexibility index (Phi) is 12.1. The van der Waals surface area contributed by atoms with Gasteiger partial charge < -0.3 is 10.6 Å². The molecule has 1 aromatic rings. The molecule has 4 nitrogen and oxygen atoms in total. The largest absolute Gasteiger partial charge is 0.355 e. The summed E-state index contributed by atoms with van der Waals surface area (Å²) >= 11 is 0. The maximum atomic E-state index is 11.8. The number of nitrogens with one attached hydrogen (secondary N) is 2. The number of aromatic nitrogens is 1. The molecule has 132 valence electrons. The van der Waals surface area contributed by atoms with E-state index in [0.717, 1.165) is 17.8 Å². The fourth-order valence-corrected chi connectivity index (χ4v) is 2.81. The molecule has 1 saturated carbocycles. The van der Waals surface area contributed by atoms with Crippen LogP contribution in [0.15, 0.2) is 18.3 Å². The van der Waals surface area contributed by atoms with Crippen molar-refractivity contribution in [1.82, 2.24) is 15.6 Å². The van der Waals surface area contributed by atoms with E-state index in [9.17, 15) is 4.79 Å². The van der Waals surface area contributed by atoms with Gasteiger partial charge in [-0.3, -0.25) is 9.78 Å². The molecule has 1 fully saturated rings. The average Bonchev–Trinajstić information content (AvgIpc) is 2.75. The van der Waals surface area contributed by atoms with Crippen molar-refractivity contribution in [3.8, 4) is 0 Å². The highest BCUT2D eigenvalue weighted by Gasteiger charge is 2.11. The van der Waals surface area contributed by atoms with E-state index < -0.39 is 0 Å². The van der Waals surface area contributed by atoms with Crippen molar-refractivity contribution in [1.29, 1.82) is 0 Å². The molecule has 0 aliphatic heterocycles. The van der Waals surface area contributed by atoms with E-state index in [-0.39, 0.29) is 30.7 Å². The first-order chi connectivity index (χ1) is 10.2. The van der Waals surface area contributed by atoms with Crippen molar-refractivity contribution >= 4 is 30.7 Å². The molecule has 1 aromatic heterocycles. The lowest BCUT2D eigenvalue weighted by Crippen LogP contribution is -2.37. The second-order valence-electron chi connectivity index (χ2n) is 5.98. The summed E-state index contributed by atoms with van der Waals surface area (Å²) in [5, 5.41) is 6.53. The van der Waals surface area contributed by atoms with Crippen molar-refractivity contribution in [2.75, 3.05) is 13.1 Å². The topological polar surface area (TPSA) is 54.0 Å². The van der Waals surface area contributed by atoms with Gasteiger partial charge in [-0.05, 0) is 31.4 Å². The molecular formula is C17H29Cl2N3O. The lowest BCUT2D eigenvalue weighted by molar-refractivity contribution is -0.120. The van der Waals surface area contributed by atoms with Crippen LogP contribution in [0.2, 0.25) is 0 Å². The molecular weight excluding hydrogens is 333 g/mol. The summed E-state index contributed by atoms with van der Waals surface area (Å²) in [5.74, 6) is 0.0725. The average molecular weight is 362 g/mol. The standard InChI is InChI=1S/C17H27N3O.2ClH/c1-14-8-9-15(13-20-14)12-17(21)19-11-10-18-16-6-4-2-3-5-7-16;;/h8-9,13,16,18H,2-7,10-12H2,1H3,(H,19,21);2*1H.